The number of anilines is 2. The molecule has 2 N–H and O–H groups in total. The highest BCUT2D eigenvalue weighted by Gasteiger charge is 2.08. The summed E-state index contributed by atoms with van der Waals surface area (Å²) in [6.45, 7) is 4.87. The van der Waals surface area contributed by atoms with E-state index in [1.807, 2.05) is 48.5 Å². The number of nitrogen functional groups attached to an aromatic ring is 1. The molecule has 0 bridgehead atoms. The van der Waals surface area contributed by atoms with Crippen LogP contribution in [0, 0.1) is 0 Å². The van der Waals surface area contributed by atoms with Gasteiger partial charge in [0.05, 0.1) is 18.0 Å². The second-order valence-corrected chi connectivity index (χ2v) is 5.06. The van der Waals surface area contributed by atoms with Crippen LogP contribution in [0.15, 0.2) is 54.6 Å². The van der Waals surface area contributed by atoms with Crippen molar-refractivity contribution in [2.24, 2.45) is 0 Å². The molecule has 112 valence electrons. The van der Waals surface area contributed by atoms with Crippen molar-refractivity contribution in [1.82, 2.24) is 0 Å². The first-order valence-electron chi connectivity index (χ1n) is 7.58. The molecule has 0 unspecified atom stereocenters. The Hall–Kier alpha value is -2.16. The molecule has 0 saturated carbocycles. The van der Waals surface area contributed by atoms with Gasteiger partial charge in [-0.1, -0.05) is 37.3 Å². The molecule has 0 aliphatic carbocycles. The van der Waals surface area contributed by atoms with E-state index in [0.717, 1.165) is 49.7 Å². The van der Waals surface area contributed by atoms with Crippen LogP contribution in [0.4, 0.5) is 11.4 Å². The summed E-state index contributed by atoms with van der Waals surface area (Å²) in [5.74, 6) is 0.929. The second kappa shape index (κ2) is 8.20. The lowest BCUT2D eigenvalue weighted by Crippen LogP contribution is -2.27. The molecule has 0 amide bonds. The summed E-state index contributed by atoms with van der Waals surface area (Å²) in [7, 11) is 0. The van der Waals surface area contributed by atoms with Gasteiger partial charge in [-0.05, 0) is 37.1 Å². The van der Waals surface area contributed by atoms with Gasteiger partial charge in [-0.15, -0.1) is 0 Å². The monoisotopic (exact) mass is 284 g/mol. The van der Waals surface area contributed by atoms with Crippen LogP contribution in [0.2, 0.25) is 0 Å². The van der Waals surface area contributed by atoms with Gasteiger partial charge in [0.2, 0.25) is 0 Å². The molecule has 0 aliphatic rings. The normalized spacial score (nSPS) is 10.3. The van der Waals surface area contributed by atoms with Gasteiger partial charge in [0, 0.05) is 13.1 Å². The molecule has 3 heteroatoms. The number of benzene rings is 2. The van der Waals surface area contributed by atoms with Gasteiger partial charge < -0.3 is 15.4 Å². The number of nitrogens with zero attached hydrogens (tertiary/aromatic N) is 1. The smallest absolute Gasteiger partial charge is 0.119 e. The van der Waals surface area contributed by atoms with Gasteiger partial charge in [0.1, 0.15) is 5.75 Å². The lowest BCUT2D eigenvalue weighted by Gasteiger charge is -2.25. The zero-order valence-corrected chi connectivity index (χ0v) is 12.7. The molecule has 0 radical (unpaired) electrons. The fourth-order valence-electron chi connectivity index (χ4n) is 2.36. The molecule has 0 atom stereocenters. The molecule has 0 aliphatic heterocycles. The van der Waals surface area contributed by atoms with Crippen LogP contribution in [0.1, 0.15) is 19.8 Å². The zero-order valence-electron chi connectivity index (χ0n) is 12.7. The fourth-order valence-corrected chi connectivity index (χ4v) is 2.36. The molecule has 21 heavy (non-hydrogen) atoms. The minimum Gasteiger partial charge on any atom is -0.494 e. The Morgan fingerprint density at radius 2 is 1.67 bits per heavy atom. The maximum absolute atomic E-state index is 6.07. The number of nitrogens with two attached hydrogens (primary N) is 1. The van der Waals surface area contributed by atoms with Crippen LogP contribution in [-0.4, -0.2) is 19.7 Å². The highest BCUT2D eigenvalue weighted by molar-refractivity contribution is 5.67. The summed E-state index contributed by atoms with van der Waals surface area (Å²) in [4.78, 5) is 2.34. The third-order valence-corrected chi connectivity index (χ3v) is 3.36. The summed E-state index contributed by atoms with van der Waals surface area (Å²) in [6.07, 6.45) is 2.08. The number of hydrogen-bond donors (Lipinski definition) is 1. The van der Waals surface area contributed by atoms with Crippen LogP contribution in [0.25, 0.3) is 0 Å². The largest absolute Gasteiger partial charge is 0.494 e. The fraction of sp³-hybridized carbons (Fsp3) is 0.333. The van der Waals surface area contributed by atoms with Crippen molar-refractivity contribution < 1.29 is 4.74 Å². The van der Waals surface area contributed by atoms with Gasteiger partial charge in [-0.3, -0.25) is 0 Å². The summed E-state index contributed by atoms with van der Waals surface area (Å²) < 4.78 is 5.74. The number of para-hydroxylation sites is 3. The van der Waals surface area contributed by atoms with Crippen LogP contribution < -0.4 is 15.4 Å². The Kier molecular flexibility index (Phi) is 5.95. The minimum atomic E-state index is 0.719. The third-order valence-electron chi connectivity index (χ3n) is 3.36. The topological polar surface area (TPSA) is 38.5 Å². The summed E-state index contributed by atoms with van der Waals surface area (Å²) in [5, 5.41) is 0. The van der Waals surface area contributed by atoms with Crippen molar-refractivity contribution in [3.63, 3.8) is 0 Å². The Bertz CT molecular complexity index is 528. The van der Waals surface area contributed by atoms with E-state index in [2.05, 4.69) is 17.9 Å². The van der Waals surface area contributed by atoms with Gasteiger partial charge in [0.15, 0.2) is 0 Å². The quantitative estimate of drug-likeness (QED) is 0.589. The van der Waals surface area contributed by atoms with Gasteiger partial charge in [-0.25, -0.2) is 0 Å². The van der Waals surface area contributed by atoms with E-state index in [4.69, 9.17) is 10.5 Å². The van der Waals surface area contributed by atoms with Crippen LogP contribution >= 0.6 is 0 Å². The maximum Gasteiger partial charge on any atom is 0.119 e. The highest BCUT2D eigenvalue weighted by atomic mass is 16.5. The van der Waals surface area contributed by atoms with Crippen molar-refractivity contribution in [2.45, 2.75) is 19.8 Å². The molecule has 0 fully saturated rings. The molecular weight excluding hydrogens is 260 g/mol. The molecule has 0 aromatic heterocycles. The molecule has 2 aromatic carbocycles. The van der Waals surface area contributed by atoms with Crippen molar-refractivity contribution in [3.8, 4) is 5.75 Å². The van der Waals surface area contributed by atoms with Gasteiger partial charge >= 0.3 is 0 Å². The minimum absolute atomic E-state index is 0.719. The Morgan fingerprint density at radius 1 is 0.952 bits per heavy atom. The van der Waals surface area contributed by atoms with E-state index in [0.29, 0.717) is 0 Å². The zero-order chi connectivity index (χ0) is 14.9. The first-order valence-corrected chi connectivity index (χ1v) is 7.58. The van der Waals surface area contributed by atoms with E-state index >= 15 is 0 Å². The number of ether oxygens (including phenoxy) is 1. The van der Waals surface area contributed by atoms with Crippen LogP contribution in [0.3, 0.4) is 0 Å². The van der Waals surface area contributed by atoms with E-state index in [9.17, 15) is 0 Å². The molecule has 0 heterocycles. The van der Waals surface area contributed by atoms with Crippen molar-refractivity contribution >= 4 is 11.4 Å². The Balaban J connectivity index is 1.85. The average Bonchev–Trinajstić information content (AvgIpc) is 2.52. The van der Waals surface area contributed by atoms with Crippen molar-refractivity contribution in [3.05, 3.63) is 54.6 Å². The Labute approximate surface area is 127 Å². The molecule has 0 saturated heterocycles. The first kappa shape index (κ1) is 15.2. The van der Waals surface area contributed by atoms with E-state index < -0.39 is 0 Å². The summed E-state index contributed by atoms with van der Waals surface area (Å²) in [6, 6.07) is 18.0. The summed E-state index contributed by atoms with van der Waals surface area (Å²) >= 11 is 0. The second-order valence-electron chi connectivity index (χ2n) is 5.06. The van der Waals surface area contributed by atoms with Crippen molar-refractivity contribution in [1.29, 1.82) is 0 Å². The molecule has 0 spiro atoms. The molecular formula is C18H24N2O. The predicted octanol–water partition coefficient (Wildman–Crippen LogP) is 3.95. The average molecular weight is 284 g/mol. The molecule has 2 rings (SSSR count). The standard InChI is InChI=1S/C18H24N2O/c1-2-13-20(18-12-7-6-11-17(18)19)14-8-15-21-16-9-4-3-5-10-16/h3-7,9-12H,2,8,13-15,19H2,1H3. The first-order chi connectivity index (χ1) is 10.3. The highest BCUT2D eigenvalue weighted by Crippen LogP contribution is 2.22. The number of hydrogen-bond acceptors (Lipinski definition) is 3. The lowest BCUT2D eigenvalue weighted by atomic mass is 10.2. The van der Waals surface area contributed by atoms with E-state index in [1.54, 1.807) is 0 Å². The SMILES string of the molecule is CCCN(CCCOc1ccccc1)c1ccccc1N. The van der Waals surface area contributed by atoms with E-state index in [1.165, 1.54) is 0 Å². The third kappa shape index (κ3) is 4.71. The molecule has 2 aromatic rings. The number of rotatable bonds is 8. The van der Waals surface area contributed by atoms with Crippen LogP contribution in [0.5, 0.6) is 5.75 Å². The summed E-state index contributed by atoms with van der Waals surface area (Å²) in [5.41, 5.74) is 8.04. The van der Waals surface area contributed by atoms with Gasteiger partial charge in [-0.2, -0.15) is 0 Å². The van der Waals surface area contributed by atoms with E-state index in [-0.39, 0.29) is 0 Å². The molecule has 3 nitrogen and oxygen atoms in total. The predicted molar refractivity (Wildman–Crippen MR) is 89.9 cm³/mol. The Morgan fingerprint density at radius 3 is 2.38 bits per heavy atom. The lowest BCUT2D eigenvalue weighted by molar-refractivity contribution is 0.312. The van der Waals surface area contributed by atoms with Crippen molar-refractivity contribution in [2.75, 3.05) is 30.3 Å². The maximum atomic E-state index is 6.07. The van der Waals surface area contributed by atoms with Gasteiger partial charge in [0.25, 0.3) is 0 Å². The van der Waals surface area contributed by atoms with Crippen LogP contribution in [-0.2, 0) is 0 Å².